The Morgan fingerprint density at radius 3 is 2.29 bits per heavy atom. The topological polar surface area (TPSA) is 64.0 Å². The highest BCUT2D eigenvalue weighted by Crippen LogP contribution is 2.31. The summed E-state index contributed by atoms with van der Waals surface area (Å²) in [6.07, 6.45) is 1.14. The number of aromatic nitrogens is 2. The quantitative estimate of drug-likeness (QED) is 0.384. The van der Waals surface area contributed by atoms with Crippen LogP contribution in [-0.4, -0.2) is 24.5 Å². The molecule has 0 aliphatic carbocycles. The Hall–Kier alpha value is -3.64. The van der Waals surface area contributed by atoms with Gasteiger partial charge in [0, 0.05) is 11.3 Å². The van der Waals surface area contributed by atoms with Crippen LogP contribution in [0.4, 0.5) is 5.69 Å². The Kier molecular flexibility index (Phi) is 4.52. The zero-order valence-corrected chi connectivity index (χ0v) is 18.0. The zero-order chi connectivity index (χ0) is 21.6. The summed E-state index contributed by atoms with van der Waals surface area (Å²) in [5, 5.41) is 9.54. The molecule has 5 rings (SSSR count). The fourth-order valence-electron chi connectivity index (χ4n) is 3.96. The molecular weight excluding hydrogens is 406 g/mol. The lowest BCUT2D eigenvalue weighted by molar-refractivity contribution is 0.607. The van der Waals surface area contributed by atoms with Gasteiger partial charge in [-0.3, -0.25) is 4.72 Å². The summed E-state index contributed by atoms with van der Waals surface area (Å²) in [5.41, 5.74) is 4.35. The number of nitrogens with zero attached hydrogens (tertiary/aromatic N) is 2. The molecule has 4 aromatic carbocycles. The van der Waals surface area contributed by atoms with Crippen LogP contribution < -0.4 is 4.72 Å². The number of benzene rings is 4. The minimum absolute atomic E-state index is 0.522. The van der Waals surface area contributed by atoms with E-state index in [9.17, 15) is 8.42 Å². The van der Waals surface area contributed by atoms with E-state index in [0.717, 1.165) is 28.9 Å². The summed E-state index contributed by atoms with van der Waals surface area (Å²) < 4.78 is 27.3. The Morgan fingerprint density at radius 2 is 1.52 bits per heavy atom. The van der Waals surface area contributed by atoms with Crippen molar-refractivity contribution in [2.45, 2.75) is 6.92 Å². The summed E-state index contributed by atoms with van der Waals surface area (Å²) in [6, 6.07) is 28.4. The van der Waals surface area contributed by atoms with Gasteiger partial charge in [-0.05, 0) is 64.9 Å². The highest BCUT2D eigenvalue weighted by molar-refractivity contribution is 7.92. The van der Waals surface area contributed by atoms with Gasteiger partial charge in [-0.15, -0.1) is 0 Å². The lowest BCUT2D eigenvalue weighted by atomic mass is 9.99. The molecule has 0 amide bonds. The van der Waals surface area contributed by atoms with Crippen LogP contribution in [0.25, 0.3) is 38.5 Å². The molecule has 0 fully saturated rings. The van der Waals surface area contributed by atoms with Crippen molar-refractivity contribution >= 4 is 37.3 Å². The van der Waals surface area contributed by atoms with Gasteiger partial charge >= 0.3 is 0 Å². The van der Waals surface area contributed by atoms with Crippen molar-refractivity contribution in [2.24, 2.45) is 0 Å². The summed E-state index contributed by atoms with van der Waals surface area (Å²) in [5.74, 6) is 0. The number of aryl methyl sites for hydroxylation is 1. The molecule has 1 N–H and O–H groups in total. The largest absolute Gasteiger partial charge is 0.284 e. The molecule has 5 nitrogen and oxygen atoms in total. The Bertz CT molecular complexity index is 1530. The van der Waals surface area contributed by atoms with Crippen LogP contribution in [0.15, 0.2) is 84.9 Å². The van der Waals surface area contributed by atoms with Crippen LogP contribution in [0.1, 0.15) is 5.69 Å². The molecule has 1 aromatic heterocycles. The molecule has 0 saturated heterocycles. The third kappa shape index (κ3) is 3.78. The third-order valence-electron chi connectivity index (χ3n) is 5.29. The van der Waals surface area contributed by atoms with E-state index in [1.165, 1.54) is 21.5 Å². The molecule has 1 heterocycles. The number of sulfonamides is 1. The van der Waals surface area contributed by atoms with Gasteiger partial charge in [-0.1, -0.05) is 48.5 Å². The Morgan fingerprint density at radius 1 is 0.806 bits per heavy atom. The fraction of sp³-hybridized carbons (Fsp3) is 0.0800. The Balaban J connectivity index is 1.59. The first-order valence-corrected chi connectivity index (χ1v) is 11.8. The SMILES string of the molecule is Cc1cc(-c2ccc3c(ccc4ccccc43)c2)n(-c2ccc(NS(C)(=O)=O)cc2)n1. The molecule has 0 atom stereocenters. The maximum atomic E-state index is 11.5. The minimum atomic E-state index is -3.31. The van der Waals surface area contributed by atoms with Gasteiger partial charge in [0.1, 0.15) is 0 Å². The van der Waals surface area contributed by atoms with Crippen LogP contribution >= 0.6 is 0 Å². The summed E-state index contributed by atoms with van der Waals surface area (Å²) in [4.78, 5) is 0. The molecular formula is C25H21N3O2S. The van der Waals surface area contributed by atoms with E-state index < -0.39 is 10.0 Å². The number of hydrogen-bond donors (Lipinski definition) is 1. The van der Waals surface area contributed by atoms with Crippen molar-refractivity contribution in [1.82, 2.24) is 9.78 Å². The minimum Gasteiger partial charge on any atom is -0.284 e. The highest BCUT2D eigenvalue weighted by atomic mass is 32.2. The maximum absolute atomic E-state index is 11.5. The van der Waals surface area contributed by atoms with Crippen molar-refractivity contribution in [1.29, 1.82) is 0 Å². The first-order valence-electron chi connectivity index (χ1n) is 9.94. The van der Waals surface area contributed by atoms with E-state index in [2.05, 4.69) is 70.5 Å². The van der Waals surface area contributed by atoms with Gasteiger partial charge in [0.15, 0.2) is 0 Å². The molecule has 154 valence electrons. The average molecular weight is 428 g/mol. The lowest BCUT2D eigenvalue weighted by Crippen LogP contribution is -2.09. The number of fused-ring (bicyclic) bond motifs is 3. The molecule has 6 heteroatoms. The molecule has 5 aromatic rings. The normalized spacial score (nSPS) is 11.8. The first kappa shape index (κ1) is 19.3. The average Bonchev–Trinajstić information content (AvgIpc) is 3.14. The molecule has 0 aliphatic rings. The smallest absolute Gasteiger partial charge is 0.229 e. The van der Waals surface area contributed by atoms with Gasteiger partial charge in [0.2, 0.25) is 10.0 Å². The molecule has 0 saturated carbocycles. The van der Waals surface area contributed by atoms with E-state index in [-0.39, 0.29) is 0 Å². The van der Waals surface area contributed by atoms with Gasteiger partial charge in [-0.25, -0.2) is 13.1 Å². The summed E-state index contributed by atoms with van der Waals surface area (Å²) >= 11 is 0. The summed E-state index contributed by atoms with van der Waals surface area (Å²) in [6.45, 7) is 1.97. The van der Waals surface area contributed by atoms with Crippen molar-refractivity contribution in [2.75, 3.05) is 11.0 Å². The number of rotatable bonds is 4. The third-order valence-corrected chi connectivity index (χ3v) is 5.89. The standard InChI is InChI=1S/C25H21N3O2S/c1-17-15-25(28(26-17)22-12-10-21(11-13-22)27-31(2,29)30)20-9-14-24-19(16-20)8-7-18-5-3-4-6-23(18)24/h3-16,27H,1-2H3. The van der Waals surface area contributed by atoms with Crippen LogP contribution in [0, 0.1) is 6.92 Å². The number of anilines is 1. The van der Waals surface area contributed by atoms with Gasteiger partial charge in [0.25, 0.3) is 0 Å². The fourth-order valence-corrected chi connectivity index (χ4v) is 4.52. The molecule has 31 heavy (non-hydrogen) atoms. The second kappa shape index (κ2) is 7.25. The van der Waals surface area contributed by atoms with Gasteiger partial charge < -0.3 is 0 Å². The predicted octanol–water partition coefficient (Wildman–Crippen LogP) is 5.53. The van der Waals surface area contributed by atoms with Gasteiger partial charge in [0.05, 0.1) is 23.3 Å². The maximum Gasteiger partial charge on any atom is 0.229 e. The second-order valence-electron chi connectivity index (χ2n) is 7.73. The Labute approximate surface area is 181 Å². The monoisotopic (exact) mass is 427 g/mol. The second-order valence-corrected chi connectivity index (χ2v) is 9.47. The highest BCUT2D eigenvalue weighted by Gasteiger charge is 2.12. The first-order chi connectivity index (χ1) is 14.9. The number of hydrogen-bond acceptors (Lipinski definition) is 3. The lowest BCUT2D eigenvalue weighted by Gasteiger charge is -2.11. The van der Waals surface area contributed by atoms with E-state index in [4.69, 9.17) is 0 Å². The summed E-state index contributed by atoms with van der Waals surface area (Å²) in [7, 11) is -3.31. The van der Waals surface area contributed by atoms with Crippen molar-refractivity contribution in [3.63, 3.8) is 0 Å². The molecule has 0 spiro atoms. The zero-order valence-electron chi connectivity index (χ0n) is 17.2. The van der Waals surface area contributed by atoms with Crippen molar-refractivity contribution in [3.05, 3.63) is 90.6 Å². The molecule has 0 radical (unpaired) electrons. The van der Waals surface area contributed by atoms with Gasteiger partial charge in [-0.2, -0.15) is 5.10 Å². The van der Waals surface area contributed by atoms with E-state index >= 15 is 0 Å². The van der Waals surface area contributed by atoms with Crippen LogP contribution in [0.3, 0.4) is 0 Å². The number of nitrogens with one attached hydrogen (secondary N) is 1. The van der Waals surface area contributed by atoms with Crippen LogP contribution in [0.5, 0.6) is 0 Å². The van der Waals surface area contributed by atoms with E-state index in [1.807, 2.05) is 23.7 Å². The van der Waals surface area contributed by atoms with Crippen LogP contribution in [-0.2, 0) is 10.0 Å². The molecule has 0 unspecified atom stereocenters. The molecule has 0 bridgehead atoms. The van der Waals surface area contributed by atoms with Crippen molar-refractivity contribution in [3.8, 4) is 16.9 Å². The predicted molar refractivity (Wildman–Crippen MR) is 127 cm³/mol. The molecule has 0 aliphatic heterocycles. The van der Waals surface area contributed by atoms with E-state index in [0.29, 0.717) is 5.69 Å². The van der Waals surface area contributed by atoms with E-state index in [1.54, 1.807) is 12.1 Å². The van der Waals surface area contributed by atoms with Crippen LogP contribution in [0.2, 0.25) is 0 Å². The van der Waals surface area contributed by atoms with Crippen molar-refractivity contribution < 1.29 is 8.42 Å².